The minimum atomic E-state index is -1.02. The fourth-order valence-electron chi connectivity index (χ4n) is 6.10. The average molecular weight is 569 g/mol. The molecule has 1 unspecified atom stereocenters. The standard InChI is InChI=1S/C32H36N6O4/c1-19(39)31(41)37-15-3-5-27(37)29-33-17-25(35-29)23-11-7-21(8-12-23)22-9-13-24(14-10-22)26-18-34-30(36-26)28-6-4-16-38(28)32(42)20(2)40/h7-14,17-20,27-28,39-40H,3-6,15-16H2,1-2H3,(H,33,35)(H,34,36)/t19-,20-,27-,28?/m0/s1. The van der Waals surface area contributed by atoms with E-state index in [4.69, 9.17) is 0 Å². The summed E-state index contributed by atoms with van der Waals surface area (Å²) >= 11 is 0. The maximum absolute atomic E-state index is 12.4. The Morgan fingerprint density at radius 1 is 0.690 bits per heavy atom. The van der Waals surface area contributed by atoms with Crippen molar-refractivity contribution in [1.82, 2.24) is 29.7 Å². The van der Waals surface area contributed by atoms with E-state index < -0.39 is 12.2 Å². The first-order valence-corrected chi connectivity index (χ1v) is 14.6. The number of aromatic amines is 2. The Bertz CT molecular complexity index is 1440. The lowest BCUT2D eigenvalue weighted by molar-refractivity contribution is -0.140. The van der Waals surface area contributed by atoms with Gasteiger partial charge in [-0.1, -0.05) is 48.5 Å². The Kier molecular flexibility index (Phi) is 7.66. The van der Waals surface area contributed by atoms with E-state index in [0.29, 0.717) is 13.1 Å². The molecule has 0 saturated carbocycles. The van der Waals surface area contributed by atoms with Crippen LogP contribution in [0.5, 0.6) is 0 Å². The largest absolute Gasteiger partial charge is 0.384 e. The number of hydrogen-bond acceptors (Lipinski definition) is 6. The predicted molar refractivity (Wildman–Crippen MR) is 158 cm³/mol. The number of hydrogen-bond donors (Lipinski definition) is 4. The Hall–Kier alpha value is -4.28. The second-order valence-corrected chi connectivity index (χ2v) is 11.3. The van der Waals surface area contributed by atoms with E-state index in [2.05, 4.69) is 68.5 Å². The van der Waals surface area contributed by atoms with Crippen molar-refractivity contribution in [2.24, 2.45) is 0 Å². The summed E-state index contributed by atoms with van der Waals surface area (Å²) < 4.78 is 0. The molecule has 2 aromatic heterocycles. The maximum Gasteiger partial charge on any atom is 0.251 e. The number of amides is 2. The summed E-state index contributed by atoms with van der Waals surface area (Å²) in [7, 11) is 0. The molecule has 2 aliphatic heterocycles. The lowest BCUT2D eigenvalue weighted by atomic mass is 10.0. The van der Waals surface area contributed by atoms with Crippen molar-refractivity contribution < 1.29 is 19.8 Å². The van der Waals surface area contributed by atoms with Crippen LogP contribution in [0.4, 0.5) is 0 Å². The van der Waals surface area contributed by atoms with Gasteiger partial charge in [-0.15, -0.1) is 0 Å². The normalized spacial score (nSPS) is 20.2. The number of nitrogens with zero attached hydrogens (tertiary/aromatic N) is 4. The Balaban J connectivity index is 1.13. The molecule has 4 heterocycles. The molecule has 42 heavy (non-hydrogen) atoms. The summed E-state index contributed by atoms with van der Waals surface area (Å²) in [5.41, 5.74) is 5.93. The number of aromatic nitrogens is 4. The number of aliphatic hydroxyl groups excluding tert-OH is 2. The molecule has 0 bridgehead atoms. The first-order valence-electron chi connectivity index (χ1n) is 14.6. The Morgan fingerprint density at radius 3 is 1.40 bits per heavy atom. The van der Waals surface area contributed by atoms with Gasteiger partial charge in [-0.2, -0.15) is 0 Å². The molecular weight excluding hydrogens is 532 g/mol. The summed E-state index contributed by atoms with van der Waals surface area (Å²) in [6.07, 6.45) is 4.98. The second-order valence-electron chi connectivity index (χ2n) is 11.3. The highest BCUT2D eigenvalue weighted by molar-refractivity contribution is 5.81. The van der Waals surface area contributed by atoms with Crippen LogP contribution in [-0.4, -0.2) is 77.1 Å². The zero-order valence-corrected chi connectivity index (χ0v) is 23.8. The number of rotatable bonds is 7. The summed E-state index contributed by atoms with van der Waals surface area (Å²) in [5, 5.41) is 19.5. The number of benzene rings is 2. The summed E-state index contributed by atoms with van der Waals surface area (Å²) in [5.74, 6) is 0.966. The molecule has 0 radical (unpaired) electrons. The van der Waals surface area contributed by atoms with Gasteiger partial charge in [0.15, 0.2) is 0 Å². The Labute approximate surface area is 244 Å². The smallest absolute Gasteiger partial charge is 0.251 e. The van der Waals surface area contributed by atoms with Crippen molar-refractivity contribution in [3.05, 3.63) is 72.6 Å². The van der Waals surface area contributed by atoms with Crippen molar-refractivity contribution in [1.29, 1.82) is 0 Å². The third-order valence-electron chi connectivity index (χ3n) is 8.33. The molecule has 2 aromatic carbocycles. The highest BCUT2D eigenvalue weighted by Gasteiger charge is 2.34. The van der Waals surface area contributed by atoms with Crippen LogP contribution in [0.1, 0.15) is 63.3 Å². The molecule has 10 heteroatoms. The number of H-pyrrole nitrogens is 2. The quantitative estimate of drug-likeness (QED) is 0.263. The molecule has 4 atom stereocenters. The molecule has 2 aliphatic rings. The zero-order chi connectivity index (χ0) is 29.4. The van der Waals surface area contributed by atoms with Gasteiger partial charge in [0.2, 0.25) is 0 Å². The van der Waals surface area contributed by atoms with Gasteiger partial charge in [-0.05, 0) is 61.8 Å². The van der Waals surface area contributed by atoms with Crippen LogP contribution in [0.3, 0.4) is 0 Å². The lowest BCUT2D eigenvalue weighted by Crippen LogP contribution is -2.37. The predicted octanol–water partition coefficient (Wildman–Crippen LogP) is 4.22. The fraction of sp³-hybridized carbons (Fsp3) is 0.375. The fourth-order valence-corrected chi connectivity index (χ4v) is 6.10. The van der Waals surface area contributed by atoms with E-state index in [1.807, 2.05) is 0 Å². The summed E-state index contributed by atoms with van der Waals surface area (Å²) in [6, 6.07) is 16.2. The van der Waals surface area contributed by atoms with E-state index in [1.54, 1.807) is 22.2 Å². The van der Waals surface area contributed by atoms with Gasteiger partial charge < -0.3 is 30.0 Å². The first-order chi connectivity index (χ1) is 20.3. The molecule has 0 spiro atoms. The van der Waals surface area contributed by atoms with Gasteiger partial charge in [-0.25, -0.2) is 9.97 Å². The minimum Gasteiger partial charge on any atom is -0.384 e. The highest BCUT2D eigenvalue weighted by atomic mass is 16.3. The van der Waals surface area contributed by atoms with E-state index in [-0.39, 0.29) is 23.9 Å². The molecule has 6 rings (SSSR count). The summed E-state index contributed by atoms with van der Waals surface area (Å²) in [4.78, 5) is 44.1. The first kappa shape index (κ1) is 27.9. The van der Waals surface area contributed by atoms with E-state index in [0.717, 1.165) is 71.0 Å². The number of carbonyl (C=O) groups excluding carboxylic acids is 2. The Morgan fingerprint density at radius 2 is 1.05 bits per heavy atom. The molecular formula is C32H36N6O4. The van der Waals surface area contributed by atoms with Crippen molar-refractivity contribution in [2.75, 3.05) is 13.1 Å². The van der Waals surface area contributed by atoms with Gasteiger partial charge in [0, 0.05) is 13.1 Å². The van der Waals surface area contributed by atoms with Gasteiger partial charge in [-0.3, -0.25) is 9.59 Å². The van der Waals surface area contributed by atoms with Crippen molar-refractivity contribution >= 4 is 11.8 Å². The molecule has 2 amide bonds. The van der Waals surface area contributed by atoms with Crippen LogP contribution in [0.2, 0.25) is 0 Å². The number of carbonyl (C=O) groups is 2. The van der Waals surface area contributed by atoms with Crippen molar-refractivity contribution in [2.45, 2.75) is 63.8 Å². The molecule has 4 aromatic rings. The second kappa shape index (κ2) is 11.5. The lowest BCUT2D eigenvalue weighted by Gasteiger charge is -2.24. The van der Waals surface area contributed by atoms with Crippen LogP contribution >= 0.6 is 0 Å². The summed E-state index contributed by atoms with van der Waals surface area (Å²) in [6.45, 7) is 4.26. The van der Waals surface area contributed by atoms with Gasteiger partial charge in [0.05, 0.1) is 35.9 Å². The maximum atomic E-state index is 12.4. The number of aliphatic hydroxyl groups is 2. The van der Waals surface area contributed by atoms with Crippen molar-refractivity contribution in [3.63, 3.8) is 0 Å². The monoisotopic (exact) mass is 568 g/mol. The average Bonchev–Trinajstić information content (AvgIpc) is 3.82. The number of likely N-dealkylation sites (tertiary alicyclic amines) is 2. The van der Waals surface area contributed by atoms with Crippen LogP contribution in [0.15, 0.2) is 60.9 Å². The van der Waals surface area contributed by atoms with E-state index in [9.17, 15) is 19.8 Å². The molecule has 2 fully saturated rings. The number of imidazole rings is 2. The topological polar surface area (TPSA) is 138 Å². The van der Waals surface area contributed by atoms with Crippen LogP contribution < -0.4 is 0 Å². The van der Waals surface area contributed by atoms with Crippen LogP contribution in [-0.2, 0) is 9.59 Å². The SMILES string of the molecule is C[C@H](O)C(=O)N1CCCC1c1ncc(-c2ccc(-c3ccc(-c4cnc([C@@H]5CCCN5C(=O)[C@H](C)O)[nH]4)cc3)cc2)[nH]1. The highest BCUT2D eigenvalue weighted by Crippen LogP contribution is 2.34. The molecule has 10 nitrogen and oxygen atoms in total. The third kappa shape index (κ3) is 5.35. The molecule has 4 N–H and O–H groups in total. The molecule has 218 valence electrons. The van der Waals surface area contributed by atoms with Crippen molar-refractivity contribution in [3.8, 4) is 33.6 Å². The third-order valence-corrected chi connectivity index (χ3v) is 8.33. The van der Waals surface area contributed by atoms with Crippen LogP contribution in [0.25, 0.3) is 33.6 Å². The van der Waals surface area contributed by atoms with Gasteiger partial charge in [0.1, 0.15) is 23.9 Å². The van der Waals surface area contributed by atoms with Gasteiger partial charge >= 0.3 is 0 Å². The van der Waals surface area contributed by atoms with E-state index >= 15 is 0 Å². The number of nitrogens with one attached hydrogen (secondary N) is 2. The van der Waals surface area contributed by atoms with Crippen LogP contribution in [0, 0.1) is 0 Å². The minimum absolute atomic E-state index is 0.145. The van der Waals surface area contributed by atoms with Gasteiger partial charge in [0.25, 0.3) is 11.8 Å². The molecule has 2 saturated heterocycles. The zero-order valence-electron chi connectivity index (χ0n) is 23.8. The van der Waals surface area contributed by atoms with E-state index in [1.165, 1.54) is 13.8 Å². The molecule has 0 aliphatic carbocycles.